The van der Waals surface area contributed by atoms with E-state index in [0.717, 1.165) is 21.2 Å². The number of benzene rings is 2. The van der Waals surface area contributed by atoms with Gasteiger partial charge in [-0.15, -0.1) is 11.3 Å². The fourth-order valence-electron chi connectivity index (χ4n) is 3.11. The SMILES string of the molecule is O=c1cc(CSc2nc(-c3ccccc3)cs2)nc2nc(Cc3ccccc3)[nH]n12. The van der Waals surface area contributed by atoms with Gasteiger partial charge in [0.1, 0.15) is 5.82 Å². The third kappa shape index (κ3) is 4.05. The van der Waals surface area contributed by atoms with Crippen molar-refractivity contribution < 1.29 is 0 Å². The maximum atomic E-state index is 12.5. The lowest BCUT2D eigenvalue weighted by molar-refractivity contribution is 0.856. The monoisotopic (exact) mass is 431 g/mol. The van der Waals surface area contributed by atoms with Gasteiger partial charge in [0.15, 0.2) is 4.34 Å². The van der Waals surface area contributed by atoms with Crippen molar-refractivity contribution in [3.8, 4) is 11.3 Å². The van der Waals surface area contributed by atoms with E-state index in [1.165, 1.54) is 4.52 Å². The van der Waals surface area contributed by atoms with Crippen LogP contribution in [0.4, 0.5) is 0 Å². The van der Waals surface area contributed by atoms with Crippen LogP contribution in [0.15, 0.2) is 81.2 Å². The van der Waals surface area contributed by atoms with Crippen molar-refractivity contribution in [3.05, 3.63) is 99.5 Å². The van der Waals surface area contributed by atoms with Gasteiger partial charge in [-0.3, -0.25) is 9.89 Å². The highest BCUT2D eigenvalue weighted by Crippen LogP contribution is 2.29. The Balaban J connectivity index is 1.33. The van der Waals surface area contributed by atoms with Crippen LogP contribution < -0.4 is 5.56 Å². The van der Waals surface area contributed by atoms with E-state index in [4.69, 9.17) is 0 Å². The third-order valence-electron chi connectivity index (χ3n) is 4.54. The van der Waals surface area contributed by atoms with Gasteiger partial charge >= 0.3 is 0 Å². The minimum absolute atomic E-state index is 0.161. The predicted molar refractivity (Wildman–Crippen MR) is 120 cm³/mol. The molecular weight excluding hydrogens is 414 g/mol. The summed E-state index contributed by atoms with van der Waals surface area (Å²) in [5.41, 5.74) is 3.72. The molecule has 0 fully saturated rings. The lowest BCUT2D eigenvalue weighted by atomic mass is 10.1. The van der Waals surface area contributed by atoms with E-state index in [0.29, 0.717) is 29.5 Å². The number of H-pyrrole nitrogens is 1. The second-order valence-corrected chi connectivity index (χ2v) is 8.79. The molecule has 5 rings (SSSR count). The van der Waals surface area contributed by atoms with Gasteiger partial charge in [-0.1, -0.05) is 72.4 Å². The molecule has 0 saturated carbocycles. The molecule has 1 N–H and O–H groups in total. The normalized spacial score (nSPS) is 11.2. The number of nitrogens with zero attached hydrogens (tertiary/aromatic N) is 4. The lowest BCUT2D eigenvalue weighted by Crippen LogP contribution is -2.15. The molecular formula is C22H17N5OS2. The van der Waals surface area contributed by atoms with Crippen LogP contribution in [0.5, 0.6) is 0 Å². The van der Waals surface area contributed by atoms with Crippen LogP contribution in [0, 0.1) is 0 Å². The zero-order chi connectivity index (χ0) is 20.3. The van der Waals surface area contributed by atoms with Crippen molar-refractivity contribution in [2.24, 2.45) is 0 Å². The lowest BCUT2D eigenvalue weighted by Gasteiger charge is -1.98. The maximum absolute atomic E-state index is 12.5. The first kappa shape index (κ1) is 18.8. The molecule has 0 atom stereocenters. The van der Waals surface area contributed by atoms with E-state index in [-0.39, 0.29) is 5.56 Å². The van der Waals surface area contributed by atoms with Gasteiger partial charge < -0.3 is 0 Å². The minimum atomic E-state index is -0.161. The average molecular weight is 432 g/mol. The van der Waals surface area contributed by atoms with E-state index in [1.807, 2.05) is 66.0 Å². The van der Waals surface area contributed by atoms with Crippen LogP contribution in [0.1, 0.15) is 17.1 Å². The summed E-state index contributed by atoms with van der Waals surface area (Å²) in [7, 11) is 0. The van der Waals surface area contributed by atoms with E-state index in [9.17, 15) is 4.79 Å². The van der Waals surface area contributed by atoms with Crippen LogP contribution >= 0.6 is 23.1 Å². The number of aromatic nitrogens is 5. The van der Waals surface area contributed by atoms with Gasteiger partial charge in [0.05, 0.1) is 11.4 Å². The van der Waals surface area contributed by atoms with Crippen molar-refractivity contribution in [1.29, 1.82) is 0 Å². The van der Waals surface area contributed by atoms with Crippen LogP contribution in [-0.4, -0.2) is 24.6 Å². The number of nitrogens with one attached hydrogen (secondary N) is 1. The summed E-state index contributed by atoms with van der Waals surface area (Å²) in [5, 5.41) is 5.10. The summed E-state index contributed by atoms with van der Waals surface area (Å²) in [6.45, 7) is 0. The van der Waals surface area contributed by atoms with Crippen molar-refractivity contribution in [1.82, 2.24) is 24.6 Å². The molecule has 0 amide bonds. The number of aromatic amines is 1. The number of thioether (sulfide) groups is 1. The number of hydrogen-bond donors (Lipinski definition) is 1. The molecule has 0 spiro atoms. The topological polar surface area (TPSA) is 75.9 Å². The molecule has 0 aliphatic carbocycles. The molecule has 30 heavy (non-hydrogen) atoms. The number of hydrogen-bond acceptors (Lipinski definition) is 6. The second-order valence-electron chi connectivity index (χ2n) is 6.71. The molecule has 0 aliphatic heterocycles. The molecule has 2 aromatic carbocycles. The molecule has 6 nitrogen and oxygen atoms in total. The Morgan fingerprint density at radius 2 is 1.73 bits per heavy atom. The molecule has 0 saturated heterocycles. The molecule has 8 heteroatoms. The van der Waals surface area contributed by atoms with Crippen LogP contribution in [-0.2, 0) is 12.2 Å². The smallest absolute Gasteiger partial charge is 0.274 e. The van der Waals surface area contributed by atoms with Gasteiger partial charge in [0.2, 0.25) is 0 Å². The van der Waals surface area contributed by atoms with Crippen molar-refractivity contribution in [2.45, 2.75) is 16.5 Å². The average Bonchev–Trinajstić information content (AvgIpc) is 3.41. The van der Waals surface area contributed by atoms with Crippen molar-refractivity contribution in [3.63, 3.8) is 0 Å². The van der Waals surface area contributed by atoms with Gasteiger partial charge in [0.25, 0.3) is 11.3 Å². The first-order valence-electron chi connectivity index (χ1n) is 9.40. The quantitative estimate of drug-likeness (QED) is 0.403. The standard InChI is InChI=1S/C22H17N5OS2/c28-20-12-17(13-29-22-24-18(14-30-22)16-9-5-2-6-10-16)23-21-25-19(26-27(20)21)11-15-7-3-1-4-8-15/h1-10,12,14H,11,13H2,(H,23,25,26). The van der Waals surface area contributed by atoms with E-state index in [1.54, 1.807) is 29.2 Å². The molecule has 3 heterocycles. The van der Waals surface area contributed by atoms with Gasteiger partial charge in [0, 0.05) is 29.2 Å². The summed E-state index contributed by atoms with van der Waals surface area (Å²) in [6.07, 6.45) is 0.620. The number of rotatable bonds is 6. The molecule has 148 valence electrons. The highest BCUT2D eigenvalue weighted by molar-refractivity contribution is 8.00. The molecule has 0 bridgehead atoms. The number of fused-ring (bicyclic) bond motifs is 1. The Bertz CT molecular complexity index is 1340. The van der Waals surface area contributed by atoms with Crippen LogP contribution in [0.2, 0.25) is 0 Å². The Morgan fingerprint density at radius 1 is 0.967 bits per heavy atom. The molecule has 3 aromatic heterocycles. The van der Waals surface area contributed by atoms with E-state index < -0.39 is 0 Å². The summed E-state index contributed by atoms with van der Waals surface area (Å²) >= 11 is 3.17. The highest BCUT2D eigenvalue weighted by Gasteiger charge is 2.10. The summed E-state index contributed by atoms with van der Waals surface area (Å²) < 4.78 is 2.34. The van der Waals surface area contributed by atoms with Gasteiger partial charge in [-0.2, -0.15) is 9.50 Å². The minimum Gasteiger partial charge on any atom is -0.275 e. The van der Waals surface area contributed by atoms with Crippen LogP contribution in [0.3, 0.4) is 0 Å². The first-order chi connectivity index (χ1) is 14.7. The predicted octanol–water partition coefficient (Wildman–Crippen LogP) is 4.42. The molecule has 5 aromatic rings. The van der Waals surface area contributed by atoms with Gasteiger partial charge in [-0.05, 0) is 5.56 Å². The highest BCUT2D eigenvalue weighted by atomic mass is 32.2. The molecule has 0 aliphatic rings. The van der Waals surface area contributed by atoms with Crippen molar-refractivity contribution in [2.75, 3.05) is 0 Å². The zero-order valence-electron chi connectivity index (χ0n) is 15.9. The Morgan fingerprint density at radius 3 is 2.53 bits per heavy atom. The third-order valence-corrected chi connectivity index (χ3v) is 6.60. The van der Waals surface area contributed by atoms with Crippen molar-refractivity contribution >= 4 is 28.9 Å². The summed E-state index contributed by atoms with van der Waals surface area (Å²) in [6, 6.07) is 21.7. The largest absolute Gasteiger partial charge is 0.275 e. The Hall–Kier alpha value is -3.23. The Kier molecular flexibility index (Phi) is 5.17. The maximum Gasteiger partial charge on any atom is 0.274 e. The first-order valence-corrected chi connectivity index (χ1v) is 11.3. The summed E-state index contributed by atoms with van der Waals surface area (Å²) in [5.74, 6) is 1.67. The zero-order valence-corrected chi connectivity index (χ0v) is 17.5. The fourth-order valence-corrected chi connectivity index (χ4v) is 4.84. The van der Waals surface area contributed by atoms with E-state index in [2.05, 4.69) is 20.1 Å². The number of thiazole rings is 1. The molecule has 0 unspecified atom stereocenters. The molecule has 0 radical (unpaired) electrons. The van der Waals surface area contributed by atoms with Crippen LogP contribution in [0.25, 0.3) is 17.0 Å². The van der Waals surface area contributed by atoms with Gasteiger partial charge in [-0.25, -0.2) is 9.97 Å². The summed E-state index contributed by atoms with van der Waals surface area (Å²) in [4.78, 5) is 26.2. The second kappa shape index (κ2) is 8.25. The Labute approximate surface area is 180 Å². The van der Waals surface area contributed by atoms with E-state index >= 15 is 0 Å². The fraction of sp³-hybridized carbons (Fsp3) is 0.0909.